The number of hydrogen-bond acceptors (Lipinski definition) is 6. The Bertz CT molecular complexity index is 409. The van der Waals surface area contributed by atoms with Gasteiger partial charge in [0.1, 0.15) is 11.9 Å². The minimum absolute atomic E-state index is 0.0431. The fraction of sp³-hybridized carbons (Fsp3) is 0.692. The zero-order chi connectivity index (χ0) is 14.5. The van der Waals surface area contributed by atoms with Crippen LogP contribution in [0.3, 0.4) is 0 Å². The second kappa shape index (κ2) is 6.96. The van der Waals surface area contributed by atoms with Crippen molar-refractivity contribution in [2.45, 2.75) is 50.9 Å². The van der Waals surface area contributed by atoms with Crippen LogP contribution in [-0.2, 0) is 14.9 Å². The lowest BCUT2D eigenvalue weighted by atomic mass is 9.94. The molecule has 0 bridgehead atoms. The van der Waals surface area contributed by atoms with Crippen molar-refractivity contribution < 1.29 is 19.1 Å². The summed E-state index contributed by atoms with van der Waals surface area (Å²) in [6, 6.07) is 0. The summed E-state index contributed by atoms with van der Waals surface area (Å²) in [5.74, 6) is 1.02. The third-order valence-electron chi connectivity index (χ3n) is 2.32. The van der Waals surface area contributed by atoms with Gasteiger partial charge in [-0.1, -0.05) is 32.5 Å². The SMILES string of the molecule is C[C@@H](O)C(=O)OCCCSc1ncc(C(C)(C)C)o1. The molecule has 1 atom stereocenters. The lowest BCUT2D eigenvalue weighted by Gasteiger charge is -2.12. The summed E-state index contributed by atoms with van der Waals surface area (Å²) in [5, 5.41) is 9.56. The molecule has 0 unspecified atom stereocenters. The quantitative estimate of drug-likeness (QED) is 0.492. The summed E-state index contributed by atoms with van der Waals surface area (Å²) in [5.41, 5.74) is -0.0431. The summed E-state index contributed by atoms with van der Waals surface area (Å²) >= 11 is 1.49. The molecule has 108 valence electrons. The number of oxazole rings is 1. The maximum absolute atomic E-state index is 11.0. The van der Waals surface area contributed by atoms with Gasteiger partial charge in [-0.05, 0) is 13.3 Å². The molecule has 0 aliphatic rings. The van der Waals surface area contributed by atoms with Gasteiger partial charge in [0.25, 0.3) is 5.22 Å². The second-order valence-electron chi connectivity index (χ2n) is 5.29. The van der Waals surface area contributed by atoms with Crippen LogP contribution in [0.2, 0.25) is 0 Å². The first-order valence-corrected chi connectivity index (χ1v) is 7.23. The molecule has 19 heavy (non-hydrogen) atoms. The molecule has 1 heterocycles. The molecule has 5 nitrogen and oxygen atoms in total. The van der Waals surface area contributed by atoms with E-state index in [1.54, 1.807) is 6.20 Å². The van der Waals surface area contributed by atoms with Crippen molar-refractivity contribution in [2.24, 2.45) is 0 Å². The number of aliphatic hydroxyl groups is 1. The van der Waals surface area contributed by atoms with Crippen molar-refractivity contribution in [1.82, 2.24) is 4.98 Å². The van der Waals surface area contributed by atoms with E-state index in [0.29, 0.717) is 18.3 Å². The van der Waals surface area contributed by atoms with E-state index in [2.05, 4.69) is 25.8 Å². The third kappa shape index (κ3) is 5.65. The largest absolute Gasteiger partial charge is 0.464 e. The maximum Gasteiger partial charge on any atom is 0.334 e. The Morgan fingerprint density at radius 3 is 2.79 bits per heavy atom. The summed E-state index contributed by atoms with van der Waals surface area (Å²) in [6.07, 6.45) is 1.38. The molecule has 0 aliphatic heterocycles. The van der Waals surface area contributed by atoms with Crippen molar-refractivity contribution >= 4 is 17.7 Å². The van der Waals surface area contributed by atoms with Crippen molar-refractivity contribution in [3.63, 3.8) is 0 Å². The molecule has 1 N–H and O–H groups in total. The maximum atomic E-state index is 11.0. The third-order valence-corrected chi connectivity index (χ3v) is 3.25. The van der Waals surface area contributed by atoms with Crippen LogP contribution in [0.1, 0.15) is 39.9 Å². The van der Waals surface area contributed by atoms with E-state index in [1.807, 2.05) is 0 Å². The van der Waals surface area contributed by atoms with E-state index >= 15 is 0 Å². The van der Waals surface area contributed by atoms with Gasteiger partial charge in [0, 0.05) is 11.2 Å². The second-order valence-corrected chi connectivity index (χ2v) is 6.33. The molecule has 6 heteroatoms. The van der Waals surface area contributed by atoms with Crippen molar-refractivity contribution in [1.29, 1.82) is 0 Å². The van der Waals surface area contributed by atoms with Crippen LogP contribution in [0.4, 0.5) is 0 Å². The highest BCUT2D eigenvalue weighted by atomic mass is 32.2. The van der Waals surface area contributed by atoms with Gasteiger partial charge in [-0.15, -0.1) is 0 Å². The molecule has 0 saturated carbocycles. The van der Waals surface area contributed by atoms with E-state index in [1.165, 1.54) is 18.7 Å². The summed E-state index contributed by atoms with van der Waals surface area (Å²) in [4.78, 5) is 15.2. The van der Waals surface area contributed by atoms with E-state index in [4.69, 9.17) is 14.3 Å². The number of rotatable bonds is 6. The van der Waals surface area contributed by atoms with Gasteiger partial charge in [-0.25, -0.2) is 9.78 Å². The van der Waals surface area contributed by atoms with Crippen molar-refractivity contribution in [2.75, 3.05) is 12.4 Å². The standard InChI is InChI=1S/C13H21NO4S/c1-9(15)11(16)17-6-5-7-19-12-14-8-10(18-12)13(2,3)4/h8-9,15H,5-7H2,1-4H3/t9-/m1/s1. The van der Waals surface area contributed by atoms with Gasteiger partial charge in [0.05, 0.1) is 12.8 Å². The molecule has 1 aromatic heterocycles. The first-order valence-electron chi connectivity index (χ1n) is 6.24. The van der Waals surface area contributed by atoms with Crippen LogP contribution in [0.25, 0.3) is 0 Å². The molecule has 0 aliphatic carbocycles. The van der Waals surface area contributed by atoms with E-state index in [-0.39, 0.29) is 5.41 Å². The minimum atomic E-state index is -1.06. The molecule has 1 rings (SSSR count). The minimum Gasteiger partial charge on any atom is -0.464 e. The predicted octanol–water partition coefficient (Wildman–Crippen LogP) is 2.38. The van der Waals surface area contributed by atoms with Crippen LogP contribution < -0.4 is 0 Å². The monoisotopic (exact) mass is 287 g/mol. The number of esters is 1. The Hall–Kier alpha value is -1.01. The van der Waals surface area contributed by atoms with Crippen LogP contribution in [0.15, 0.2) is 15.8 Å². The van der Waals surface area contributed by atoms with E-state index in [9.17, 15) is 4.79 Å². The number of nitrogens with zero attached hydrogens (tertiary/aromatic N) is 1. The van der Waals surface area contributed by atoms with Gasteiger partial charge in [-0.2, -0.15) is 0 Å². The molecule has 0 aromatic carbocycles. The zero-order valence-corrected chi connectivity index (χ0v) is 12.6. The van der Waals surface area contributed by atoms with Gasteiger partial charge in [0.2, 0.25) is 0 Å². The van der Waals surface area contributed by atoms with Crippen molar-refractivity contribution in [3.05, 3.63) is 12.0 Å². The highest BCUT2D eigenvalue weighted by molar-refractivity contribution is 7.99. The Morgan fingerprint density at radius 2 is 2.26 bits per heavy atom. The molecule has 0 spiro atoms. The highest BCUT2D eigenvalue weighted by Crippen LogP contribution is 2.26. The number of carbonyl (C=O) groups excluding carboxylic acids is 1. The van der Waals surface area contributed by atoms with E-state index < -0.39 is 12.1 Å². The lowest BCUT2D eigenvalue weighted by molar-refractivity contribution is -0.152. The first kappa shape index (κ1) is 16.0. The van der Waals surface area contributed by atoms with Gasteiger partial charge >= 0.3 is 5.97 Å². The predicted molar refractivity (Wildman–Crippen MR) is 73.2 cm³/mol. The average molecular weight is 287 g/mol. The van der Waals surface area contributed by atoms with Crippen LogP contribution in [0, 0.1) is 0 Å². The van der Waals surface area contributed by atoms with E-state index in [0.717, 1.165) is 11.5 Å². The summed E-state index contributed by atoms with van der Waals surface area (Å²) in [6.45, 7) is 7.88. The Balaban J connectivity index is 2.23. The lowest BCUT2D eigenvalue weighted by Crippen LogP contribution is -2.19. The van der Waals surface area contributed by atoms with Crippen LogP contribution in [-0.4, -0.2) is 34.5 Å². The van der Waals surface area contributed by atoms with Crippen LogP contribution >= 0.6 is 11.8 Å². The number of hydrogen-bond donors (Lipinski definition) is 1. The first-order chi connectivity index (χ1) is 8.80. The summed E-state index contributed by atoms with van der Waals surface area (Å²) in [7, 11) is 0. The van der Waals surface area contributed by atoms with Gasteiger partial charge < -0.3 is 14.3 Å². The number of thioether (sulfide) groups is 1. The average Bonchev–Trinajstić information content (AvgIpc) is 2.76. The molecule has 0 fully saturated rings. The molecular formula is C13H21NO4S. The van der Waals surface area contributed by atoms with Crippen molar-refractivity contribution in [3.8, 4) is 0 Å². The number of ether oxygens (including phenoxy) is 1. The Morgan fingerprint density at radius 1 is 1.58 bits per heavy atom. The fourth-order valence-electron chi connectivity index (χ4n) is 1.18. The molecule has 0 radical (unpaired) electrons. The van der Waals surface area contributed by atoms with Gasteiger partial charge in [0.15, 0.2) is 0 Å². The van der Waals surface area contributed by atoms with Crippen LogP contribution in [0.5, 0.6) is 0 Å². The van der Waals surface area contributed by atoms with Gasteiger partial charge in [-0.3, -0.25) is 0 Å². The Labute approximate surface area is 117 Å². The number of carbonyl (C=O) groups is 1. The smallest absolute Gasteiger partial charge is 0.334 e. The number of aliphatic hydroxyl groups excluding tert-OH is 1. The Kier molecular flexibility index (Phi) is 5.87. The normalized spacial score (nSPS) is 13.3. The topological polar surface area (TPSA) is 72.6 Å². The molecule has 0 amide bonds. The molecule has 1 aromatic rings. The fourth-order valence-corrected chi connectivity index (χ4v) is 1.90. The summed E-state index contributed by atoms with van der Waals surface area (Å²) < 4.78 is 10.5. The highest BCUT2D eigenvalue weighted by Gasteiger charge is 2.19. The molecule has 0 saturated heterocycles. The number of aromatic nitrogens is 1. The molecular weight excluding hydrogens is 266 g/mol. The zero-order valence-electron chi connectivity index (χ0n) is 11.8.